The molecule has 1 aromatic carbocycles. The third kappa shape index (κ3) is 1.71. The average molecular weight is 217 g/mol. The average Bonchev–Trinajstić information content (AvgIpc) is 2.95. The second-order valence-corrected chi connectivity index (χ2v) is 4.55. The Labute approximate surface area is 94.0 Å². The van der Waals surface area contributed by atoms with Gasteiger partial charge in [0.1, 0.15) is 5.52 Å². The molecule has 2 N–H and O–H groups in total. The Balaban J connectivity index is 1.91. The Morgan fingerprint density at radius 2 is 2.31 bits per heavy atom. The Hall–Kier alpha value is -1.71. The molecule has 3 rings (SSSR count). The number of nitrogens with zero attached hydrogens (tertiary/aromatic N) is 2. The highest BCUT2D eigenvalue weighted by atomic mass is 16.4. The largest absolute Gasteiger partial charge is 0.423 e. The van der Waals surface area contributed by atoms with Crippen LogP contribution < -0.4 is 10.6 Å². The molecule has 16 heavy (non-hydrogen) atoms. The van der Waals surface area contributed by atoms with Gasteiger partial charge in [-0.15, -0.1) is 0 Å². The molecule has 1 aromatic heterocycles. The van der Waals surface area contributed by atoms with Gasteiger partial charge in [0, 0.05) is 19.3 Å². The van der Waals surface area contributed by atoms with Gasteiger partial charge in [-0.05, 0) is 37.0 Å². The summed E-state index contributed by atoms with van der Waals surface area (Å²) in [5, 5.41) is 0. The van der Waals surface area contributed by atoms with Crippen molar-refractivity contribution in [3.8, 4) is 0 Å². The molecule has 0 amide bonds. The topological polar surface area (TPSA) is 55.3 Å². The summed E-state index contributed by atoms with van der Waals surface area (Å²) in [5.74, 6) is 0.824. The fourth-order valence-corrected chi connectivity index (χ4v) is 1.86. The molecule has 1 saturated carbocycles. The zero-order valence-electron chi connectivity index (χ0n) is 9.31. The van der Waals surface area contributed by atoms with E-state index in [0.29, 0.717) is 6.01 Å². The summed E-state index contributed by atoms with van der Waals surface area (Å²) in [4.78, 5) is 6.51. The second-order valence-electron chi connectivity index (χ2n) is 4.55. The van der Waals surface area contributed by atoms with Crippen LogP contribution in [0.25, 0.3) is 11.1 Å². The van der Waals surface area contributed by atoms with Crippen LogP contribution in [-0.2, 0) is 0 Å². The molecule has 0 unspecified atom stereocenters. The summed E-state index contributed by atoms with van der Waals surface area (Å²) >= 11 is 0. The lowest BCUT2D eigenvalue weighted by atomic mass is 10.3. The number of fused-ring (bicyclic) bond motifs is 1. The quantitative estimate of drug-likeness (QED) is 0.801. The van der Waals surface area contributed by atoms with Gasteiger partial charge in [0.25, 0.3) is 6.01 Å². The SMILES string of the molecule is CN(CC1CC1)c1nc2cc(N)ccc2o1. The van der Waals surface area contributed by atoms with Crippen molar-refractivity contribution < 1.29 is 4.42 Å². The van der Waals surface area contributed by atoms with Gasteiger partial charge in [-0.2, -0.15) is 4.98 Å². The molecule has 0 saturated heterocycles. The van der Waals surface area contributed by atoms with E-state index >= 15 is 0 Å². The van der Waals surface area contributed by atoms with Crippen molar-refractivity contribution in [2.45, 2.75) is 12.8 Å². The monoisotopic (exact) mass is 217 g/mol. The maximum Gasteiger partial charge on any atom is 0.298 e. The van der Waals surface area contributed by atoms with Gasteiger partial charge in [-0.25, -0.2) is 0 Å². The van der Waals surface area contributed by atoms with Crippen LogP contribution in [0.2, 0.25) is 0 Å². The van der Waals surface area contributed by atoms with Gasteiger partial charge >= 0.3 is 0 Å². The number of nitrogens with two attached hydrogens (primary N) is 1. The first-order valence-electron chi connectivity index (χ1n) is 5.59. The highest BCUT2D eigenvalue weighted by molar-refractivity contribution is 5.78. The van der Waals surface area contributed by atoms with Gasteiger partial charge in [0.2, 0.25) is 0 Å². The lowest BCUT2D eigenvalue weighted by molar-refractivity contribution is 0.575. The van der Waals surface area contributed by atoms with E-state index < -0.39 is 0 Å². The molecule has 1 aliphatic carbocycles. The van der Waals surface area contributed by atoms with Crippen LogP contribution in [0.5, 0.6) is 0 Å². The minimum atomic E-state index is 0.688. The number of nitrogen functional groups attached to an aromatic ring is 1. The van der Waals surface area contributed by atoms with Gasteiger partial charge in [0.15, 0.2) is 5.58 Å². The van der Waals surface area contributed by atoms with Crippen molar-refractivity contribution in [1.29, 1.82) is 0 Å². The van der Waals surface area contributed by atoms with Crippen LogP contribution in [0.15, 0.2) is 22.6 Å². The van der Waals surface area contributed by atoms with E-state index in [1.54, 1.807) is 0 Å². The van der Waals surface area contributed by atoms with E-state index in [4.69, 9.17) is 10.2 Å². The molecule has 0 spiro atoms. The molecule has 2 aromatic rings. The van der Waals surface area contributed by atoms with E-state index in [9.17, 15) is 0 Å². The fraction of sp³-hybridized carbons (Fsp3) is 0.417. The van der Waals surface area contributed by atoms with Crippen molar-refractivity contribution in [2.75, 3.05) is 24.2 Å². The molecule has 4 nitrogen and oxygen atoms in total. The number of rotatable bonds is 3. The number of hydrogen-bond acceptors (Lipinski definition) is 4. The first-order chi connectivity index (χ1) is 7.72. The smallest absolute Gasteiger partial charge is 0.298 e. The lowest BCUT2D eigenvalue weighted by Crippen LogP contribution is -2.19. The first kappa shape index (κ1) is 9.51. The van der Waals surface area contributed by atoms with E-state index in [-0.39, 0.29) is 0 Å². The molecule has 1 aliphatic rings. The van der Waals surface area contributed by atoms with E-state index in [1.165, 1.54) is 12.8 Å². The van der Waals surface area contributed by atoms with Gasteiger partial charge in [-0.3, -0.25) is 0 Å². The molecule has 1 heterocycles. The van der Waals surface area contributed by atoms with E-state index in [1.807, 2.05) is 25.2 Å². The van der Waals surface area contributed by atoms with Crippen molar-refractivity contribution in [3.05, 3.63) is 18.2 Å². The number of hydrogen-bond donors (Lipinski definition) is 1. The standard InChI is InChI=1S/C12H15N3O/c1-15(7-8-2-3-8)12-14-10-6-9(13)4-5-11(10)16-12/h4-6,8H,2-3,7,13H2,1H3. The molecular formula is C12H15N3O. The summed E-state index contributed by atoms with van der Waals surface area (Å²) in [5.41, 5.74) is 8.05. The molecule has 84 valence electrons. The molecule has 4 heteroatoms. The van der Waals surface area contributed by atoms with Crippen LogP contribution in [0.4, 0.5) is 11.7 Å². The van der Waals surface area contributed by atoms with Crippen molar-refractivity contribution in [3.63, 3.8) is 0 Å². The van der Waals surface area contributed by atoms with E-state index in [0.717, 1.165) is 29.2 Å². The summed E-state index contributed by atoms with van der Waals surface area (Å²) in [6.45, 7) is 1.03. The number of aromatic nitrogens is 1. The number of anilines is 2. The molecule has 0 radical (unpaired) electrons. The Morgan fingerprint density at radius 3 is 3.06 bits per heavy atom. The molecule has 0 bridgehead atoms. The zero-order valence-corrected chi connectivity index (χ0v) is 9.31. The van der Waals surface area contributed by atoms with Crippen LogP contribution in [0, 0.1) is 5.92 Å². The molecule has 0 atom stereocenters. The first-order valence-corrected chi connectivity index (χ1v) is 5.59. The molecular weight excluding hydrogens is 202 g/mol. The highest BCUT2D eigenvalue weighted by Crippen LogP contribution is 2.31. The van der Waals surface area contributed by atoms with Gasteiger partial charge < -0.3 is 15.1 Å². The lowest BCUT2D eigenvalue weighted by Gasteiger charge is -2.12. The Morgan fingerprint density at radius 1 is 1.50 bits per heavy atom. The summed E-state index contributed by atoms with van der Waals surface area (Å²) in [6.07, 6.45) is 2.66. The summed E-state index contributed by atoms with van der Waals surface area (Å²) in [6, 6.07) is 6.23. The normalized spacial score (nSPS) is 15.6. The third-order valence-electron chi connectivity index (χ3n) is 2.96. The predicted octanol–water partition coefficient (Wildman–Crippen LogP) is 2.26. The Bertz CT molecular complexity index is 516. The fourth-order valence-electron chi connectivity index (χ4n) is 1.86. The van der Waals surface area contributed by atoms with Crippen LogP contribution >= 0.6 is 0 Å². The summed E-state index contributed by atoms with van der Waals surface area (Å²) < 4.78 is 5.67. The second kappa shape index (κ2) is 3.40. The maximum atomic E-state index is 5.70. The third-order valence-corrected chi connectivity index (χ3v) is 2.96. The van der Waals surface area contributed by atoms with Gasteiger partial charge in [-0.1, -0.05) is 0 Å². The maximum absolute atomic E-state index is 5.70. The highest BCUT2D eigenvalue weighted by Gasteiger charge is 2.24. The Kier molecular flexibility index (Phi) is 2.02. The number of oxazole rings is 1. The predicted molar refractivity (Wildman–Crippen MR) is 64.4 cm³/mol. The number of benzene rings is 1. The van der Waals surface area contributed by atoms with Crippen LogP contribution in [0.3, 0.4) is 0 Å². The molecule has 1 fully saturated rings. The summed E-state index contributed by atoms with van der Waals surface area (Å²) in [7, 11) is 2.02. The van der Waals surface area contributed by atoms with Gasteiger partial charge in [0.05, 0.1) is 0 Å². The van der Waals surface area contributed by atoms with Crippen LogP contribution in [0.1, 0.15) is 12.8 Å². The van der Waals surface area contributed by atoms with Crippen molar-refractivity contribution in [1.82, 2.24) is 4.98 Å². The van der Waals surface area contributed by atoms with E-state index in [2.05, 4.69) is 9.88 Å². The van der Waals surface area contributed by atoms with Crippen molar-refractivity contribution in [2.24, 2.45) is 5.92 Å². The van der Waals surface area contributed by atoms with Crippen LogP contribution in [-0.4, -0.2) is 18.6 Å². The van der Waals surface area contributed by atoms with Crippen molar-refractivity contribution >= 4 is 22.8 Å². The minimum Gasteiger partial charge on any atom is -0.423 e. The zero-order chi connectivity index (χ0) is 11.1. The minimum absolute atomic E-state index is 0.688. The molecule has 0 aliphatic heterocycles.